The molecule has 3 heteroatoms. The van der Waals surface area contributed by atoms with Crippen LogP contribution >= 0.6 is 0 Å². The minimum absolute atomic E-state index is 0.0299. The van der Waals surface area contributed by atoms with E-state index in [-0.39, 0.29) is 5.91 Å². The van der Waals surface area contributed by atoms with Crippen LogP contribution < -0.4 is 4.74 Å². The van der Waals surface area contributed by atoms with Gasteiger partial charge in [0.05, 0.1) is 0 Å². The molecule has 1 amide bonds. The molecule has 0 bridgehead atoms. The van der Waals surface area contributed by atoms with E-state index in [1.54, 1.807) is 11.8 Å². The van der Waals surface area contributed by atoms with Crippen LogP contribution in [0.2, 0.25) is 0 Å². The molecule has 0 aliphatic rings. The molecule has 0 saturated carbocycles. The summed E-state index contributed by atoms with van der Waals surface area (Å²) in [5, 5.41) is 0. The van der Waals surface area contributed by atoms with E-state index in [0.29, 0.717) is 0 Å². The first-order valence-electron chi connectivity index (χ1n) is 6.11. The zero-order valence-electron chi connectivity index (χ0n) is 10.8. The Morgan fingerprint density at radius 2 is 2.00 bits per heavy atom. The molecule has 0 heterocycles. The molecule has 1 unspecified atom stereocenters. The van der Waals surface area contributed by atoms with Crippen molar-refractivity contribution in [3.8, 4) is 5.75 Å². The minimum Gasteiger partial charge on any atom is -0.481 e. The third-order valence-electron chi connectivity index (χ3n) is 2.63. The summed E-state index contributed by atoms with van der Waals surface area (Å²) < 4.78 is 5.59. The lowest BCUT2D eigenvalue weighted by Gasteiger charge is -2.21. The van der Waals surface area contributed by atoms with Crippen LogP contribution in [-0.2, 0) is 4.79 Å². The van der Waals surface area contributed by atoms with Crippen molar-refractivity contribution in [3.05, 3.63) is 30.3 Å². The van der Waals surface area contributed by atoms with Gasteiger partial charge in [0, 0.05) is 13.6 Å². The zero-order chi connectivity index (χ0) is 12.7. The van der Waals surface area contributed by atoms with E-state index in [9.17, 15) is 4.79 Å². The Kier molecular flexibility index (Phi) is 5.53. The van der Waals surface area contributed by atoms with Crippen LogP contribution in [0.15, 0.2) is 30.3 Å². The van der Waals surface area contributed by atoms with Crippen molar-refractivity contribution >= 4 is 5.91 Å². The van der Waals surface area contributed by atoms with E-state index >= 15 is 0 Å². The summed E-state index contributed by atoms with van der Waals surface area (Å²) in [4.78, 5) is 13.7. The standard InChI is InChI=1S/C14H21NO2/c1-4-5-11-15(3)14(16)12(2)17-13-9-7-6-8-10-13/h6-10,12H,4-5,11H2,1-3H3. The number of likely N-dealkylation sites (N-methyl/N-ethyl adjacent to an activating group) is 1. The fraction of sp³-hybridized carbons (Fsp3) is 0.500. The number of carbonyl (C=O) groups excluding carboxylic acids is 1. The molecule has 1 aromatic rings. The highest BCUT2D eigenvalue weighted by Crippen LogP contribution is 2.11. The summed E-state index contributed by atoms with van der Waals surface area (Å²) in [5.41, 5.74) is 0. The summed E-state index contributed by atoms with van der Waals surface area (Å²) in [6.45, 7) is 4.69. The number of ether oxygens (including phenoxy) is 1. The molecule has 0 aliphatic carbocycles. The molecule has 0 N–H and O–H groups in total. The highest BCUT2D eigenvalue weighted by atomic mass is 16.5. The maximum Gasteiger partial charge on any atom is 0.263 e. The smallest absolute Gasteiger partial charge is 0.263 e. The van der Waals surface area contributed by atoms with Crippen molar-refractivity contribution in [2.45, 2.75) is 32.8 Å². The molecule has 3 nitrogen and oxygen atoms in total. The lowest BCUT2D eigenvalue weighted by Crippen LogP contribution is -2.38. The van der Waals surface area contributed by atoms with Gasteiger partial charge in [0.1, 0.15) is 5.75 Å². The molecule has 0 radical (unpaired) electrons. The van der Waals surface area contributed by atoms with Crippen molar-refractivity contribution < 1.29 is 9.53 Å². The number of rotatable bonds is 6. The fourth-order valence-electron chi connectivity index (χ4n) is 1.57. The van der Waals surface area contributed by atoms with Gasteiger partial charge in [-0.2, -0.15) is 0 Å². The zero-order valence-corrected chi connectivity index (χ0v) is 10.8. The first-order valence-corrected chi connectivity index (χ1v) is 6.11. The molecule has 0 aliphatic heterocycles. The summed E-state index contributed by atoms with van der Waals surface area (Å²) >= 11 is 0. The number of carbonyl (C=O) groups is 1. The molecule has 1 atom stereocenters. The molecule has 1 aromatic carbocycles. The quantitative estimate of drug-likeness (QED) is 0.758. The Labute approximate surface area is 103 Å². The molecule has 0 saturated heterocycles. The predicted molar refractivity (Wildman–Crippen MR) is 69.1 cm³/mol. The SMILES string of the molecule is CCCCN(C)C(=O)C(C)Oc1ccccc1. The summed E-state index contributed by atoms with van der Waals surface area (Å²) in [7, 11) is 1.82. The van der Waals surface area contributed by atoms with Crippen molar-refractivity contribution in [3.63, 3.8) is 0 Å². The highest BCUT2D eigenvalue weighted by Gasteiger charge is 2.18. The van der Waals surface area contributed by atoms with E-state index in [1.807, 2.05) is 37.4 Å². The van der Waals surface area contributed by atoms with Crippen LogP contribution in [0.4, 0.5) is 0 Å². The average molecular weight is 235 g/mol. The average Bonchev–Trinajstić information content (AvgIpc) is 2.36. The van der Waals surface area contributed by atoms with E-state index in [1.165, 1.54) is 0 Å². The second-order valence-corrected chi connectivity index (χ2v) is 4.19. The molecule has 0 aromatic heterocycles. The van der Waals surface area contributed by atoms with Gasteiger partial charge in [0.2, 0.25) is 0 Å². The third-order valence-corrected chi connectivity index (χ3v) is 2.63. The number of benzene rings is 1. The van der Waals surface area contributed by atoms with Crippen LogP contribution in [0.3, 0.4) is 0 Å². The Morgan fingerprint density at radius 3 is 2.59 bits per heavy atom. The van der Waals surface area contributed by atoms with Gasteiger partial charge in [-0.1, -0.05) is 31.5 Å². The van der Waals surface area contributed by atoms with E-state index in [2.05, 4.69) is 6.92 Å². The first-order chi connectivity index (χ1) is 8.15. The van der Waals surface area contributed by atoms with Crippen molar-refractivity contribution in [1.29, 1.82) is 0 Å². The topological polar surface area (TPSA) is 29.5 Å². The second kappa shape index (κ2) is 6.94. The van der Waals surface area contributed by atoms with Gasteiger partial charge in [0.25, 0.3) is 5.91 Å². The van der Waals surface area contributed by atoms with Crippen LogP contribution in [0, 0.1) is 0 Å². The fourth-order valence-corrected chi connectivity index (χ4v) is 1.57. The minimum atomic E-state index is -0.431. The summed E-state index contributed by atoms with van der Waals surface area (Å²) in [6, 6.07) is 9.43. The van der Waals surface area contributed by atoms with Crippen LogP contribution in [0.25, 0.3) is 0 Å². The Balaban J connectivity index is 2.47. The third kappa shape index (κ3) is 4.47. The second-order valence-electron chi connectivity index (χ2n) is 4.19. The van der Waals surface area contributed by atoms with E-state index < -0.39 is 6.10 Å². The van der Waals surface area contributed by atoms with Gasteiger partial charge in [-0.05, 0) is 25.5 Å². The molecule has 0 fully saturated rings. The summed E-state index contributed by atoms with van der Waals surface area (Å²) in [6.07, 6.45) is 1.69. The maximum atomic E-state index is 12.0. The Morgan fingerprint density at radius 1 is 1.35 bits per heavy atom. The number of unbranched alkanes of at least 4 members (excludes halogenated alkanes) is 1. The Hall–Kier alpha value is -1.51. The normalized spacial score (nSPS) is 11.9. The molecular weight excluding hydrogens is 214 g/mol. The monoisotopic (exact) mass is 235 g/mol. The maximum absolute atomic E-state index is 12.0. The predicted octanol–water partition coefficient (Wildman–Crippen LogP) is 2.71. The van der Waals surface area contributed by atoms with Crippen LogP contribution in [0.5, 0.6) is 5.75 Å². The lowest BCUT2D eigenvalue weighted by atomic mass is 10.3. The number of hydrogen-bond donors (Lipinski definition) is 0. The molecule has 0 spiro atoms. The molecule has 17 heavy (non-hydrogen) atoms. The van der Waals surface area contributed by atoms with Gasteiger partial charge in [-0.3, -0.25) is 4.79 Å². The van der Waals surface area contributed by atoms with Gasteiger partial charge in [-0.25, -0.2) is 0 Å². The molecule has 94 valence electrons. The molecule has 1 rings (SSSR count). The Bertz CT molecular complexity index is 337. The van der Waals surface area contributed by atoms with Gasteiger partial charge >= 0.3 is 0 Å². The number of para-hydroxylation sites is 1. The van der Waals surface area contributed by atoms with Crippen molar-refractivity contribution in [2.75, 3.05) is 13.6 Å². The van der Waals surface area contributed by atoms with Crippen LogP contribution in [-0.4, -0.2) is 30.5 Å². The largest absolute Gasteiger partial charge is 0.481 e. The highest BCUT2D eigenvalue weighted by molar-refractivity contribution is 5.80. The van der Waals surface area contributed by atoms with Gasteiger partial charge in [0.15, 0.2) is 6.10 Å². The van der Waals surface area contributed by atoms with E-state index in [4.69, 9.17) is 4.74 Å². The van der Waals surface area contributed by atoms with Gasteiger partial charge in [-0.15, -0.1) is 0 Å². The van der Waals surface area contributed by atoms with E-state index in [0.717, 1.165) is 25.1 Å². The van der Waals surface area contributed by atoms with Crippen LogP contribution in [0.1, 0.15) is 26.7 Å². The van der Waals surface area contributed by atoms with Crippen molar-refractivity contribution in [1.82, 2.24) is 4.90 Å². The summed E-state index contributed by atoms with van der Waals surface area (Å²) in [5.74, 6) is 0.763. The first kappa shape index (κ1) is 13.6. The van der Waals surface area contributed by atoms with Gasteiger partial charge < -0.3 is 9.64 Å². The number of nitrogens with zero attached hydrogens (tertiary/aromatic N) is 1. The lowest BCUT2D eigenvalue weighted by molar-refractivity contribution is -0.136. The molecular formula is C14H21NO2. The number of hydrogen-bond acceptors (Lipinski definition) is 2. The van der Waals surface area contributed by atoms with Crippen molar-refractivity contribution in [2.24, 2.45) is 0 Å². The number of amides is 1.